The Morgan fingerprint density at radius 3 is 2.25 bits per heavy atom. The standard InChI is InChI=1S/C31H41F6O10P/c1-5-6-25(44-21-40-3)16-28(47-29(38)18-48(39,45-19-30(32,33)34)46-20-31(35,36)37)27(12-11-26-15-22(2)13-14-42-26)43-17-23-7-9-24(41-4)10-8-23/h5,7-13,25-28H,1,6,14-21H2,2-4H3/b12-11+/t25-,26-,27+,28+/m1/s1. The molecule has 0 aromatic heterocycles. The molecule has 1 aliphatic rings. The summed E-state index contributed by atoms with van der Waals surface area (Å²) in [5.74, 6) is -0.872. The van der Waals surface area contributed by atoms with Crippen LogP contribution in [0, 0.1) is 0 Å². The Hall–Kier alpha value is -2.72. The van der Waals surface area contributed by atoms with E-state index >= 15 is 0 Å². The zero-order valence-corrected chi connectivity index (χ0v) is 27.7. The molecule has 1 aromatic carbocycles. The van der Waals surface area contributed by atoms with Crippen LogP contribution in [-0.2, 0) is 48.7 Å². The number of hydrogen-bond donors (Lipinski definition) is 0. The van der Waals surface area contributed by atoms with Gasteiger partial charge >= 0.3 is 25.9 Å². The van der Waals surface area contributed by atoms with Crippen LogP contribution in [0.15, 0.2) is 60.7 Å². The van der Waals surface area contributed by atoms with Crippen molar-refractivity contribution >= 4 is 13.6 Å². The van der Waals surface area contributed by atoms with Crippen LogP contribution in [0.4, 0.5) is 26.3 Å². The first-order valence-electron chi connectivity index (χ1n) is 14.7. The van der Waals surface area contributed by atoms with E-state index in [9.17, 15) is 35.7 Å². The molecule has 0 amide bonds. The lowest BCUT2D eigenvalue weighted by Crippen LogP contribution is -2.37. The fraction of sp³-hybridized carbons (Fsp3) is 0.581. The maximum atomic E-state index is 13.1. The average molecular weight is 719 g/mol. The Kier molecular flexibility index (Phi) is 17.3. The first kappa shape index (κ1) is 41.5. The van der Waals surface area contributed by atoms with Crippen molar-refractivity contribution in [3.05, 3.63) is 66.3 Å². The first-order chi connectivity index (χ1) is 22.5. The topological polar surface area (TPSA) is 108 Å². The molecule has 48 heavy (non-hydrogen) atoms. The van der Waals surface area contributed by atoms with Crippen molar-refractivity contribution in [1.82, 2.24) is 0 Å². The van der Waals surface area contributed by atoms with Crippen molar-refractivity contribution in [2.45, 2.75) is 69.6 Å². The maximum absolute atomic E-state index is 13.1. The Morgan fingerprint density at radius 1 is 1.06 bits per heavy atom. The number of rotatable bonds is 21. The average Bonchev–Trinajstić information content (AvgIpc) is 3.01. The number of benzene rings is 1. The van der Waals surface area contributed by atoms with Crippen LogP contribution in [0.3, 0.4) is 0 Å². The molecule has 0 bridgehead atoms. The lowest BCUT2D eigenvalue weighted by molar-refractivity contribution is -0.168. The van der Waals surface area contributed by atoms with E-state index in [1.54, 1.807) is 36.4 Å². The minimum atomic E-state index is -5.31. The van der Waals surface area contributed by atoms with Gasteiger partial charge in [-0.2, -0.15) is 26.3 Å². The number of methoxy groups -OCH3 is 2. The van der Waals surface area contributed by atoms with Crippen molar-refractivity contribution in [1.29, 1.82) is 0 Å². The van der Waals surface area contributed by atoms with Crippen LogP contribution in [0.1, 0.15) is 31.7 Å². The van der Waals surface area contributed by atoms with Gasteiger partial charge in [-0.1, -0.05) is 42.0 Å². The molecular weight excluding hydrogens is 677 g/mol. The number of carbonyl (C=O) groups excluding carboxylic acids is 1. The third-order valence-corrected chi connectivity index (χ3v) is 8.24. The van der Waals surface area contributed by atoms with Gasteiger partial charge in [0.15, 0.2) is 13.2 Å². The van der Waals surface area contributed by atoms with Gasteiger partial charge in [-0.3, -0.25) is 18.4 Å². The first-order valence-corrected chi connectivity index (χ1v) is 16.4. The highest BCUT2D eigenvalue weighted by Crippen LogP contribution is 2.50. The second kappa shape index (κ2) is 20.1. The molecule has 0 spiro atoms. The molecular formula is C31H41F6O10P. The Balaban J connectivity index is 2.43. The van der Waals surface area contributed by atoms with E-state index in [0.29, 0.717) is 24.3 Å². The summed E-state index contributed by atoms with van der Waals surface area (Å²) in [6.07, 6.45) is -7.77. The van der Waals surface area contributed by atoms with Crippen molar-refractivity contribution in [2.75, 3.05) is 47.0 Å². The summed E-state index contributed by atoms with van der Waals surface area (Å²) in [6.45, 7) is 1.33. The monoisotopic (exact) mass is 718 g/mol. The summed E-state index contributed by atoms with van der Waals surface area (Å²) in [7, 11) is -2.43. The number of esters is 1. The quantitative estimate of drug-likeness (QED) is 0.0430. The number of halogens is 6. The van der Waals surface area contributed by atoms with E-state index in [1.807, 2.05) is 13.0 Å². The second-order valence-corrected chi connectivity index (χ2v) is 12.7. The van der Waals surface area contributed by atoms with Crippen molar-refractivity contribution in [3.63, 3.8) is 0 Å². The molecule has 4 atom stereocenters. The Labute approximate surface area is 275 Å². The SMILES string of the molecule is C=CC[C@H](C[C@H](OC(=O)CP(=O)(OCC(F)(F)F)OCC(F)(F)F)[C@H](/C=C/[C@@H]1CC(C)=CCO1)OCc1ccc(OC)cc1)OCOC. The minimum Gasteiger partial charge on any atom is -0.497 e. The Bertz CT molecular complexity index is 1210. The fourth-order valence-electron chi connectivity index (χ4n) is 4.26. The summed E-state index contributed by atoms with van der Waals surface area (Å²) in [5.41, 5.74) is 1.76. The van der Waals surface area contributed by atoms with E-state index < -0.39 is 63.6 Å². The zero-order chi connectivity index (χ0) is 35.8. The van der Waals surface area contributed by atoms with Gasteiger partial charge in [0.05, 0.1) is 32.5 Å². The van der Waals surface area contributed by atoms with Crippen LogP contribution in [-0.4, -0.2) is 89.7 Å². The molecule has 2 rings (SSSR count). The predicted molar refractivity (Wildman–Crippen MR) is 161 cm³/mol. The summed E-state index contributed by atoms with van der Waals surface area (Å²) >= 11 is 0. The molecule has 0 saturated heterocycles. The normalized spacial score (nSPS) is 17.9. The van der Waals surface area contributed by atoms with Gasteiger partial charge in [0.1, 0.15) is 30.9 Å². The lowest BCUT2D eigenvalue weighted by atomic mass is 10.0. The van der Waals surface area contributed by atoms with Crippen LogP contribution >= 0.6 is 7.60 Å². The highest BCUT2D eigenvalue weighted by molar-refractivity contribution is 7.54. The van der Waals surface area contributed by atoms with Gasteiger partial charge in [0, 0.05) is 13.5 Å². The van der Waals surface area contributed by atoms with E-state index in [1.165, 1.54) is 20.3 Å². The van der Waals surface area contributed by atoms with Crippen LogP contribution < -0.4 is 4.74 Å². The third kappa shape index (κ3) is 17.1. The van der Waals surface area contributed by atoms with E-state index in [2.05, 4.69) is 15.6 Å². The van der Waals surface area contributed by atoms with Gasteiger partial charge in [0.2, 0.25) is 0 Å². The van der Waals surface area contributed by atoms with Gasteiger partial charge in [-0.25, -0.2) is 0 Å². The maximum Gasteiger partial charge on any atom is 0.412 e. The van der Waals surface area contributed by atoms with Crippen molar-refractivity contribution in [2.24, 2.45) is 0 Å². The van der Waals surface area contributed by atoms with Crippen LogP contribution in [0.2, 0.25) is 0 Å². The highest BCUT2D eigenvalue weighted by Gasteiger charge is 2.41. The number of hydrogen-bond acceptors (Lipinski definition) is 10. The minimum absolute atomic E-state index is 0.0234. The summed E-state index contributed by atoms with van der Waals surface area (Å²) < 4.78 is 132. The largest absolute Gasteiger partial charge is 0.497 e. The smallest absolute Gasteiger partial charge is 0.412 e. The molecule has 17 heteroatoms. The molecule has 10 nitrogen and oxygen atoms in total. The van der Waals surface area contributed by atoms with Gasteiger partial charge in [0.25, 0.3) is 0 Å². The molecule has 1 aromatic rings. The van der Waals surface area contributed by atoms with Gasteiger partial charge in [-0.15, -0.1) is 6.58 Å². The van der Waals surface area contributed by atoms with E-state index in [4.69, 9.17) is 28.4 Å². The molecule has 1 heterocycles. The van der Waals surface area contributed by atoms with E-state index in [0.717, 1.165) is 5.57 Å². The van der Waals surface area contributed by atoms with Crippen molar-refractivity contribution in [3.8, 4) is 5.75 Å². The van der Waals surface area contributed by atoms with Crippen LogP contribution in [0.25, 0.3) is 0 Å². The lowest BCUT2D eigenvalue weighted by Gasteiger charge is -2.29. The van der Waals surface area contributed by atoms with E-state index in [-0.39, 0.29) is 32.3 Å². The third-order valence-electron chi connectivity index (χ3n) is 6.55. The molecule has 0 unspecified atom stereocenters. The second-order valence-electron chi connectivity index (χ2n) is 10.7. The molecule has 1 aliphatic heterocycles. The summed E-state index contributed by atoms with van der Waals surface area (Å²) in [5, 5.41) is 0. The predicted octanol–water partition coefficient (Wildman–Crippen LogP) is 7.09. The number of ether oxygens (including phenoxy) is 6. The summed E-state index contributed by atoms with van der Waals surface area (Å²) in [6, 6.07) is 6.86. The fourth-order valence-corrected chi connectivity index (χ4v) is 5.59. The van der Waals surface area contributed by atoms with Gasteiger partial charge in [-0.05, 0) is 37.5 Å². The molecule has 0 fully saturated rings. The molecule has 0 aliphatic carbocycles. The van der Waals surface area contributed by atoms with Crippen LogP contribution in [0.5, 0.6) is 5.75 Å². The molecule has 0 N–H and O–H groups in total. The van der Waals surface area contributed by atoms with Crippen molar-refractivity contribution < 1.29 is 73.2 Å². The molecule has 0 radical (unpaired) electrons. The molecule has 272 valence electrons. The molecule has 0 saturated carbocycles. The number of alkyl halides is 6. The van der Waals surface area contributed by atoms with Gasteiger partial charge < -0.3 is 28.4 Å². The Morgan fingerprint density at radius 2 is 1.71 bits per heavy atom. The number of carbonyl (C=O) groups is 1. The summed E-state index contributed by atoms with van der Waals surface area (Å²) in [4.78, 5) is 13.1. The highest BCUT2D eigenvalue weighted by atomic mass is 31.2. The zero-order valence-electron chi connectivity index (χ0n) is 26.8.